The minimum atomic E-state index is -2.07. The number of hydrogen-bond donors (Lipinski definition) is 6. The summed E-state index contributed by atoms with van der Waals surface area (Å²) >= 11 is 0. The van der Waals surface area contributed by atoms with E-state index in [1.165, 1.54) is 60.3 Å². The second kappa shape index (κ2) is 18.4. The number of ketones is 1. The van der Waals surface area contributed by atoms with Gasteiger partial charge in [0.25, 0.3) is 11.7 Å². The molecule has 2 aromatic rings. The number of hydrogen-bond acceptors (Lipinski definition) is 15. The fraction of sp³-hybridized carbons (Fsp3) is 0.512. The first kappa shape index (κ1) is 44.6. The Bertz CT molecular complexity index is 1970. The number of esters is 1. The van der Waals surface area contributed by atoms with Crippen molar-refractivity contribution in [1.82, 2.24) is 0 Å². The minimum Gasteiger partial charge on any atom is -0.507 e. The maximum absolute atomic E-state index is 14.3. The van der Waals surface area contributed by atoms with Crippen molar-refractivity contribution in [3.05, 3.63) is 52.8 Å². The van der Waals surface area contributed by atoms with Crippen molar-refractivity contribution in [3.8, 4) is 23.0 Å². The number of amides is 1. The molecule has 3 heterocycles. The molecule has 0 spiro atoms. The zero-order valence-electron chi connectivity index (χ0n) is 33.9. The largest absolute Gasteiger partial charge is 0.507 e. The van der Waals surface area contributed by atoms with Gasteiger partial charge in [0.05, 0.1) is 59.6 Å². The molecule has 5 rings (SSSR count). The van der Waals surface area contributed by atoms with Crippen LogP contribution >= 0.6 is 0 Å². The maximum Gasteiger partial charge on any atom is 0.312 e. The number of benzene rings is 2. The SMILES string of the molecule is COCCO/N=C/c1c2c(O)c3c(O)c(C)c4c(c3c1O)C(=O)[C@@](C)(O/C=C/[C@H](OC)[C@@H](C)[C@@H](OC(C)=O)[C@H](C)[C@H](O)[C@H](C)[C@@H](O)[C@@H](C)/C=C/C=C(\C)C(=O)N2)O4. The fourth-order valence-electron chi connectivity index (χ4n) is 7.14. The molecular weight excluding hydrogens is 744 g/mol. The van der Waals surface area contributed by atoms with Crippen LogP contribution in [-0.4, -0.2) is 107 Å². The van der Waals surface area contributed by atoms with Gasteiger partial charge in [-0.3, -0.25) is 14.4 Å². The van der Waals surface area contributed by atoms with Crippen molar-refractivity contribution < 1.29 is 68.4 Å². The van der Waals surface area contributed by atoms with E-state index in [0.29, 0.717) is 0 Å². The lowest BCUT2D eigenvalue weighted by Gasteiger charge is -2.38. The number of aromatic hydroxyl groups is 3. The topological polar surface area (TPSA) is 232 Å². The normalized spacial score (nSPS) is 30.7. The number of nitrogens with one attached hydrogen (secondary N) is 1. The van der Waals surface area contributed by atoms with E-state index in [-0.39, 0.29) is 57.7 Å². The Labute approximate surface area is 331 Å². The van der Waals surface area contributed by atoms with E-state index in [4.69, 9.17) is 28.5 Å². The zero-order valence-corrected chi connectivity index (χ0v) is 33.9. The molecule has 3 aliphatic heterocycles. The van der Waals surface area contributed by atoms with E-state index in [1.54, 1.807) is 39.8 Å². The van der Waals surface area contributed by atoms with E-state index in [1.807, 2.05) is 0 Å². The molecule has 0 aliphatic carbocycles. The number of ether oxygens (including phenoxy) is 5. The van der Waals surface area contributed by atoms with Gasteiger partial charge in [-0.15, -0.1) is 0 Å². The lowest BCUT2D eigenvalue weighted by atomic mass is 9.78. The van der Waals surface area contributed by atoms with Gasteiger partial charge in [0.2, 0.25) is 0 Å². The van der Waals surface area contributed by atoms with Crippen LogP contribution < -0.4 is 10.1 Å². The third-order valence-electron chi connectivity index (χ3n) is 10.7. The van der Waals surface area contributed by atoms with E-state index in [0.717, 1.165) is 6.21 Å². The second-order valence-electron chi connectivity index (χ2n) is 14.7. The first-order valence-electron chi connectivity index (χ1n) is 18.5. The third kappa shape index (κ3) is 9.04. The van der Waals surface area contributed by atoms with Crippen molar-refractivity contribution >= 4 is 40.3 Å². The van der Waals surface area contributed by atoms with Gasteiger partial charge in [-0.2, -0.15) is 0 Å². The summed E-state index contributed by atoms with van der Waals surface area (Å²) in [6.45, 7) is 12.6. The molecule has 0 fully saturated rings. The smallest absolute Gasteiger partial charge is 0.312 e. The van der Waals surface area contributed by atoms with Gasteiger partial charge < -0.3 is 59.4 Å². The van der Waals surface area contributed by atoms with Crippen molar-refractivity contribution in [2.45, 2.75) is 85.6 Å². The predicted octanol–water partition coefficient (Wildman–Crippen LogP) is 4.75. The number of aliphatic hydroxyl groups excluding tert-OH is 2. The van der Waals surface area contributed by atoms with Crippen LogP contribution in [0.5, 0.6) is 23.0 Å². The summed E-state index contributed by atoms with van der Waals surface area (Å²) in [6, 6.07) is 0. The predicted molar refractivity (Wildman–Crippen MR) is 209 cm³/mol. The quantitative estimate of drug-likeness (QED) is 0.0555. The Balaban J connectivity index is 1.96. The number of carbonyl (C=O) groups excluding carboxylic acids is 3. The summed E-state index contributed by atoms with van der Waals surface area (Å²) in [5.41, 5.74) is -0.699. The highest BCUT2D eigenvalue weighted by Gasteiger charge is 2.50. The Morgan fingerprint density at radius 2 is 1.63 bits per heavy atom. The summed E-state index contributed by atoms with van der Waals surface area (Å²) in [4.78, 5) is 45.4. The van der Waals surface area contributed by atoms with Crippen molar-refractivity contribution in [2.24, 2.45) is 28.8 Å². The zero-order chi connectivity index (χ0) is 42.5. The van der Waals surface area contributed by atoms with Crippen LogP contribution in [0.1, 0.15) is 70.0 Å². The number of phenols is 3. The maximum atomic E-state index is 14.3. The Kier molecular flexibility index (Phi) is 14.4. The van der Waals surface area contributed by atoms with Crippen molar-refractivity contribution in [3.63, 3.8) is 0 Å². The number of carbonyl (C=O) groups is 3. The highest BCUT2D eigenvalue weighted by molar-refractivity contribution is 6.23. The van der Waals surface area contributed by atoms with Gasteiger partial charge in [-0.25, -0.2) is 0 Å². The molecule has 312 valence electrons. The van der Waals surface area contributed by atoms with Crippen LogP contribution in [-0.2, 0) is 33.4 Å². The van der Waals surface area contributed by atoms with E-state index >= 15 is 0 Å². The van der Waals surface area contributed by atoms with Gasteiger partial charge in [0.1, 0.15) is 30.0 Å². The van der Waals surface area contributed by atoms with Crippen LogP contribution in [0.15, 0.2) is 41.3 Å². The number of methoxy groups -OCH3 is 2. The lowest BCUT2D eigenvalue weighted by Crippen LogP contribution is -2.46. The number of Topliss-reactive ketones (excluding diaryl/α,β-unsaturated/α-hetero) is 1. The highest BCUT2D eigenvalue weighted by atomic mass is 16.7. The summed E-state index contributed by atoms with van der Waals surface area (Å²) in [5, 5.41) is 63.6. The molecule has 0 saturated heterocycles. The molecule has 16 nitrogen and oxygen atoms in total. The van der Waals surface area contributed by atoms with Crippen LogP contribution in [0, 0.1) is 30.6 Å². The van der Waals surface area contributed by atoms with Crippen molar-refractivity contribution in [1.29, 1.82) is 0 Å². The van der Waals surface area contributed by atoms with Crippen LogP contribution in [0.4, 0.5) is 5.69 Å². The number of oxime groups is 1. The summed E-state index contributed by atoms with van der Waals surface area (Å²) in [7, 11) is 2.88. The molecule has 0 unspecified atom stereocenters. The van der Waals surface area contributed by atoms with E-state index in [9.17, 15) is 39.9 Å². The number of aliphatic hydroxyl groups is 2. The molecule has 16 heteroatoms. The Morgan fingerprint density at radius 1 is 0.947 bits per heavy atom. The molecular formula is C41H54N2O14. The minimum absolute atomic E-state index is 0.0190. The molecule has 0 aromatic heterocycles. The number of anilines is 1. The van der Waals surface area contributed by atoms with Crippen molar-refractivity contribution in [2.75, 3.05) is 32.8 Å². The second-order valence-corrected chi connectivity index (χ2v) is 14.7. The monoisotopic (exact) mass is 798 g/mol. The van der Waals surface area contributed by atoms with Gasteiger partial charge >= 0.3 is 11.8 Å². The number of phenolic OH excluding ortho intramolecular Hbond substituents is 3. The van der Waals surface area contributed by atoms with Gasteiger partial charge in [0, 0.05) is 68.3 Å². The first-order valence-corrected chi connectivity index (χ1v) is 18.5. The lowest BCUT2D eigenvalue weighted by molar-refractivity contribution is -0.160. The number of fused-ring (bicyclic) bond motifs is 14. The fourth-order valence-corrected chi connectivity index (χ4v) is 7.14. The molecule has 9 atom stereocenters. The van der Waals surface area contributed by atoms with Crippen LogP contribution in [0.25, 0.3) is 10.8 Å². The average Bonchev–Trinajstić information content (AvgIpc) is 3.43. The number of nitrogens with zero attached hydrogens (tertiary/aromatic N) is 1. The van der Waals surface area contributed by atoms with Gasteiger partial charge in [-0.1, -0.05) is 51.1 Å². The van der Waals surface area contributed by atoms with Gasteiger partial charge in [-0.05, 0) is 19.9 Å². The molecule has 6 N–H and O–H groups in total. The summed E-state index contributed by atoms with van der Waals surface area (Å²) in [5.74, 6) is -8.75. The van der Waals surface area contributed by atoms with Crippen LogP contribution in [0.2, 0.25) is 0 Å². The Hall–Kier alpha value is -5.16. The van der Waals surface area contributed by atoms with Crippen LogP contribution in [0.3, 0.4) is 0 Å². The molecule has 0 radical (unpaired) electrons. The number of rotatable bonds is 7. The van der Waals surface area contributed by atoms with Gasteiger partial charge in [0.15, 0.2) is 5.75 Å². The highest BCUT2D eigenvalue weighted by Crippen LogP contribution is 2.55. The average molecular weight is 799 g/mol. The molecule has 1 amide bonds. The summed E-state index contributed by atoms with van der Waals surface area (Å²) < 4.78 is 28.4. The Morgan fingerprint density at radius 3 is 2.26 bits per heavy atom. The molecule has 5 bridgehead atoms. The third-order valence-corrected chi connectivity index (χ3v) is 10.7. The van der Waals surface area contributed by atoms with E-state index < -0.39 is 88.8 Å². The van der Waals surface area contributed by atoms with E-state index in [2.05, 4.69) is 10.5 Å². The molecule has 57 heavy (non-hydrogen) atoms. The first-order chi connectivity index (χ1) is 26.8. The molecule has 3 aliphatic rings. The molecule has 0 saturated carbocycles. The standard InChI is InChI=1S/C41H54N2O14/c1-19-12-11-13-20(2)40(51)43-31-26(18-42-55-17-16-52-9)35(48)28-29(36(31)49)34(47)24(6)38-30(28)39(50)41(8,57-38)54-15-14-27(53-10)21(3)37(56-25(7)44)23(5)33(46)22(4)32(19)45/h11-15,18-19,21-23,27,32-33,37,45-49H,16-17H2,1-10H3,(H,43,51)/b12-11+,15-14+,20-13+,42-18+/t19-,21+,22+,23+,27-,32-,33+,37+,41-/m0/s1. The summed E-state index contributed by atoms with van der Waals surface area (Å²) in [6.07, 6.45) is 4.41. The number of allylic oxidation sites excluding steroid dienone is 2. The molecule has 2 aromatic carbocycles.